The highest BCUT2D eigenvalue weighted by Gasteiger charge is 2.28. The van der Waals surface area contributed by atoms with Crippen molar-refractivity contribution < 1.29 is 13.2 Å². The van der Waals surface area contributed by atoms with Crippen molar-refractivity contribution in [2.24, 2.45) is 5.92 Å². The van der Waals surface area contributed by atoms with Gasteiger partial charge in [-0.2, -0.15) is 4.31 Å². The van der Waals surface area contributed by atoms with E-state index in [1.807, 2.05) is 0 Å². The standard InChI is InChI=1S/C18H27N3O3S.ClH/c1-14-4-3-11-21(13-14)25(23,24)16-8-6-15(7-9-16)12-20-18(22)17-5-2-10-19-17;/h6-9,14,17,19H,2-5,10-13H2,1H3,(H,20,22);1H. The first-order chi connectivity index (χ1) is 12.0. The number of halogens is 1. The summed E-state index contributed by atoms with van der Waals surface area (Å²) in [4.78, 5) is 12.3. The quantitative estimate of drug-likeness (QED) is 0.789. The maximum Gasteiger partial charge on any atom is 0.243 e. The first-order valence-electron chi connectivity index (χ1n) is 9.07. The third-order valence-electron chi connectivity index (χ3n) is 5.02. The van der Waals surface area contributed by atoms with E-state index in [1.54, 1.807) is 28.6 Å². The van der Waals surface area contributed by atoms with Crippen LogP contribution in [0.15, 0.2) is 29.2 Å². The van der Waals surface area contributed by atoms with E-state index < -0.39 is 10.0 Å². The lowest BCUT2D eigenvalue weighted by molar-refractivity contribution is -0.122. The molecule has 2 saturated heterocycles. The zero-order chi connectivity index (χ0) is 17.9. The van der Waals surface area contributed by atoms with Crippen LogP contribution in [0, 0.1) is 5.92 Å². The molecule has 8 heteroatoms. The Balaban J connectivity index is 0.00000243. The number of benzene rings is 1. The lowest BCUT2D eigenvalue weighted by Gasteiger charge is -2.30. The van der Waals surface area contributed by atoms with E-state index in [1.165, 1.54) is 0 Å². The summed E-state index contributed by atoms with van der Waals surface area (Å²) in [5, 5.41) is 6.07. The fourth-order valence-corrected chi connectivity index (χ4v) is 5.11. The lowest BCUT2D eigenvalue weighted by atomic mass is 10.0. The van der Waals surface area contributed by atoms with Crippen LogP contribution in [-0.4, -0.2) is 44.3 Å². The van der Waals surface area contributed by atoms with Gasteiger partial charge in [-0.25, -0.2) is 8.42 Å². The number of nitrogens with zero attached hydrogens (tertiary/aromatic N) is 1. The van der Waals surface area contributed by atoms with Crippen molar-refractivity contribution in [1.82, 2.24) is 14.9 Å². The summed E-state index contributed by atoms with van der Waals surface area (Å²) in [5.74, 6) is 0.415. The number of hydrogen-bond donors (Lipinski definition) is 2. The number of rotatable bonds is 5. The summed E-state index contributed by atoms with van der Waals surface area (Å²) >= 11 is 0. The van der Waals surface area contributed by atoms with E-state index in [2.05, 4.69) is 17.6 Å². The van der Waals surface area contributed by atoms with Gasteiger partial charge >= 0.3 is 0 Å². The largest absolute Gasteiger partial charge is 0.351 e. The molecule has 1 aromatic rings. The first-order valence-corrected chi connectivity index (χ1v) is 10.5. The molecule has 2 heterocycles. The molecule has 0 aromatic heterocycles. The number of carbonyl (C=O) groups is 1. The Kier molecular flexibility index (Phi) is 7.46. The van der Waals surface area contributed by atoms with Crippen LogP contribution in [0.5, 0.6) is 0 Å². The third kappa shape index (κ3) is 4.97. The summed E-state index contributed by atoms with van der Waals surface area (Å²) in [6.07, 6.45) is 3.90. The molecule has 1 amide bonds. The molecule has 0 saturated carbocycles. The van der Waals surface area contributed by atoms with Crippen molar-refractivity contribution in [2.75, 3.05) is 19.6 Å². The summed E-state index contributed by atoms with van der Waals surface area (Å²) < 4.78 is 27.1. The molecule has 2 fully saturated rings. The highest BCUT2D eigenvalue weighted by molar-refractivity contribution is 7.89. The lowest BCUT2D eigenvalue weighted by Crippen LogP contribution is -2.40. The second-order valence-electron chi connectivity index (χ2n) is 7.12. The van der Waals surface area contributed by atoms with Crippen LogP contribution < -0.4 is 10.6 Å². The third-order valence-corrected chi connectivity index (χ3v) is 6.90. The van der Waals surface area contributed by atoms with E-state index in [9.17, 15) is 13.2 Å². The van der Waals surface area contributed by atoms with Gasteiger partial charge in [0, 0.05) is 19.6 Å². The van der Waals surface area contributed by atoms with Crippen molar-refractivity contribution in [3.8, 4) is 0 Å². The monoisotopic (exact) mass is 401 g/mol. The number of piperidine rings is 1. The molecule has 0 aliphatic carbocycles. The molecule has 2 aliphatic rings. The summed E-state index contributed by atoms with van der Waals surface area (Å²) in [6, 6.07) is 6.75. The van der Waals surface area contributed by atoms with Crippen molar-refractivity contribution in [2.45, 2.75) is 50.1 Å². The number of amides is 1. The highest BCUT2D eigenvalue weighted by Crippen LogP contribution is 2.23. The molecule has 6 nitrogen and oxygen atoms in total. The Hall–Kier alpha value is -1.15. The molecular formula is C18H28ClN3O3S. The number of sulfonamides is 1. The van der Waals surface area contributed by atoms with Crippen molar-refractivity contribution in [3.63, 3.8) is 0 Å². The van der Waals surface area contributed by atoms with Gasteiger partial charge in [0.2, 0.25) is 15.9 Å². The Bertz CT molecular complexity index is 703. The van der Waals surface area contributed by atoms with E-state index in [0.29, 0.717) is 30.4 Å². The van der Waals surface area contributed by atoms with Gasteiger partial charge in [-0.15, -0.1) is 12.4 Å². The van der Waals surface area contributed by atoms with Crippen LogP contribution in [0.3, 0.4) is 0 Å². The van der Waals surface area contributed by atoms with Gasteiger partial charge in [-0.3, -0.25) is 4.79 Å². The molecule has 1 aromatic carbocycles. The molecule has 2 N–H and O–H groups in total. The van der Waals surface area contributed by atoms with E-state index >= 15 is 0 Å². The molecule has 2 unspecified atom stereocenters. The topological polar surface area (TPSA) is 78.5 Å². The smallest absolute Gasteiger partial charge is 0.243 e. The van der Waals surface area contributed by atoms with E-state index in [-0.39, 0.29) is 24.4 Å². The normalized spacial score (nSPS) is 24.0. The van der Waals surface area contributed by atoms with Gasteiger partial charge in [0.15, 0.2) is 0 Å². The van der Waals surface area contributed by atoms with Crippen molar-refractivity contribution in [3.05, 3.63) is 29.8 Å². The number of hydrogen-bond acceptors (Lipinski definition) is 4. The average molecular weight is 402 g/mol. The second kappa shape index (κ2) is 9.17. The zero-order valence-electron chi connectivity index (χ0n) is 15.1. The van der Waals surface area contributed by atoms with Gasteiger partial charge in [0.25, 0.3) is 0 Å². The van der Waals surface area contributed by atoms with Crippen molar-refractivity contribution >= 4 is 28.3 Å². The molecule has 26 heavy (non-hydrogen) atoms. The SMILES string of the molecule is CC1CCCN(S(=O)(=O)c2ccc(CNC(=O)C3CCCN3)cc2)C1.Cl. The second-order valence-corrected chi connectivity index (χ2v) is 9.06. The fraction of sp³-hybridized carbons (Fsp3) is 0.611. The van der Waals surface area contributed by atoms with Crippen LogP contribution in [-0.2, 0) is 21.4 Å². The first kappa shape index (κ1) is 21.2. The summed E-state index contributed by atoms with van der Waals surface area (Å²) in [6.45, 7) is 4.58. The molecule has 2 atom stereocenters. The van der Waals surface area contributed by atoms with Gasteiger partial charge in [-0.1, -0.05) is 19.1 Å². The van der Waals surface area contributed by atoms with Gasteiger partial charge in [-0.05, 0) is 55.8 Å². The van der Waals surface area contributed by atoms with Crippen LogP contribution in [0.2, 0.25) is 0 Å². The molecule has 0 radical (unpaired) electrons. The van der Waals surface area contributed by atoms with E-state index in [4.69, 9.17) is 0 Å². The van der Waals surface area contributed by atoms with Gasteiger partial charge in [0.1, 0.15) is 0 Å². The number of carbonyl (C=O) groups excluding carboxylic acids is 1. The van der Waals surface area contributed by atoms with Crippen LogP contribution in [0.4, 0.5) is 0 Å². The summed E-state index contributed by atoms with van der Waals surface area (Å²) in [5.41, 5.74) is 0.900. The molecule has 146 valence electrons. The highest BCUT2D eigenvalue weighted by atomic mass is 35.5. The van der Waals surface area contributed by atoms with Crippen LogP contribution in [0.25, 0.3) is 0 Å². The Morgan fingerprint density at radius 1 is 1.23 bits per heavy atom. The Labute approximate surface area is 162 Å². The van der Waals surface area contributed by atoms with Crippen LogP contribution >= 0.6 is 12.4 Å². The van der Waals surface area contributed by atoms with Crippen molar-refractivity contribution in [1.29, 1.82) is 0 Å². The number of nitrogens with one attached hydrogen (secondary N) is 2. The average Bonchev–Trinajstić information content (AvgIpc) is 3.15. The molecule has 2 aliphatic heterocycles. The van der Waals surface area contributed by atoms with Gasteiger partial charge in [0.05, 0.1) is 10.9 Å². The Morgan fingerprint density at radius 2 is 1.96 bits per heavy atom. The van der Waals surface area contributed by atoms with Gasteiger partial charge < -0.3 is 10.6 Å². The predicted octanol–water partition coefficient (Wildman–Crippen LogP) is 1.90. The molecular weight excluding hydrogens is 374 g/mol. The maximum absolute atomic E-state index is 12.7. The maximum atomic E-state index is 12.7. The summed E-state index contributed by atoms with van der Waals surface area (Å²) in [7, 11) is -3.42. The Morgan fingerprint density at radius 3 is 2.58 bits per heavy atom. The molecule has 0 spiro atoms. The fourth-order valence-electron chi connectivity index (χ4n) is 3.51. The minimum Gasteiger partial charge on any atom is -0.351 e. The minimum atomic E-state index is -3.42. The minimum absolute atomic E-state index is 0. The molecule has 3 rings (SSSR count). The van der Waals surface area contributed by atoms with Crippen LogP contribution in [0.1, 0.15) is 38.2 Å². The van der Waals surface area contributed by atoms with E-state index in [0.717, 1.165) is 37.8 Å². The molecule has 0 bridgehead atoms. The predicted molar refractivity (Wildman–Crippen MR) is 104 cm³/mol. The zero-order valence-corrected chi connectivity index (χ0v) is 16.7.